The van der Waals surface area contributed by atoms with Crippen LogP contribution < -0.4 is 10.5 Å². The fraction of sp³-hybridized carbons (Fsp3) is 0.296. The van der Waals surface area contributed by atoms with Gasteiger partial charge < -0.3 is 20.3 Å². The number of hydrogen-bond donors (Lipinski definition) is 2. The number of nitrogens with two attached hydrogens (primary N) is 1. The van der Waals surface area contributed by atoms with Crippen molar-refractivity contribution in [1.82, 2.24) is 0 Å². The first-order valence-electron chi connectivity index (χ1n) is 11.3. The number of carbonyl (C=O) groups is 1. The Kier molecular flexibility index (Phi) is 10.3. The molecule has 3 N–H and O–H groups in total. The molecular formula is C27H30ClNO4S. The maximum atomic E-state index is 10.8. The van der Waals surface area contributed by atoms with Crippen molar-refractivity contribution in [3.8, 4) is 5.75 Å². The van der Waals surface area contributed by atoms with E-state index in [4.69, 9.17) is 31.9 Å². The lowest BCUT2D eigenvalue weighted by Gasteiger charge is -2.24. The minimum atomic E-state index is -0.988. The van der Waals surface area contributed by atoms with Gasteiger partial charge in [-0.05, 0) is 47.9 Å². The SMILES string of the molecule is CCCC(COCC(=O)O)C(N)c1ccc(Sc2cccc(OCc3ccccc3)c2)cc1Cl. The second-order valence-corrected chi connectivity index (χ2v) is 9.57. The number of ether oxygens (including phenoxy) is 2. The van der Waals surface area contributed by atoms with Gasteiger partial charge >= 0.3 is 5.97 Å². The number of benzene rings is 3. The second kappa shape index (κ2) is 13.4. The van der Waals surface area contributed by atoms with Crippen LogP contribution in [-0.4, -0.2) is 24.3 Å². The maximum Gasteiger partial charge on any atom is 0.329 e. The molecule has 2 atom stereocenters. The zero-order chi connectivity index (χ0) is 24.3. The van der Waals surface area contributed by atoms with Gasteiger partial charge in [-0.3, -0.25) is 0 Å². The lowest BCUT2D eigenvalue weighted by molar-refractivity contribution is -0.142. The molecule has 0 aromatic heterocycles. The lowest BCUT2D eigenvalue weighted by Crippen LogP contribution is -2.27. The summed E-state index contributed by atoms with van der Waals surface area (Å²) in [5.41, 5.74) is 8.47. The quantitative estimate of drug-likeness (QED) is 0.276. The molecule has 180 valence electrons. The lowest BCUT2D eigenvalue weighted by atomic mass is 9.90. The number of hydrogen-bond acceptors (Lipinski definition) is 5. The highest BCUT2D eigenvalue weighted by Crippen LogP contribution is 2.36. The van der Waals surface area contributed by atoms with Crippen LogP contribution in [0.2, 0.25) is 5.02 Å². The Morgan fingerprint density at radius 1 is 1.06 bits per heavy atom. The molecule has 3 aromatic rings. The molecule has 0 fully saturated rings. The van der Waals surface area contributed by atoms with Gasteiger partial charge in [-0.25, -0.2) is 4.79 Å². The second-order valence-electron chi connectivity index (χ2n) is 8.02. The first kappa shape index (κ1) is 26.1. The summed E-state index contributed by atoms with van der Waals surface area (Å²) in [5.74, 6) is -0.195. The van der Waals surface area contributed by atoms with Crippen LogP contribution in [-0.2, 0) is 16.1 Å². The Hall–Kier alpha value is -2.51. The van der Waals surface area contributed by atoms with Crippen molar-refractivity contribution in [3.05, 3.63) is 88.9 Å². The summed E-state index contributed by atoms with van der Waals surface area (Å²) in [6.45, 7) is 2.53. The fourth-order valence-corrected chi connectivity index (χ4v) is 4.91. The third kappa shape index (κ3) is 8.06. The number of carboxylic acid groups (broad SMARTS) is 1. The van der Waals surface area contributed by atoms with E-state index in [0.717, 1.165) is 39.5 Å². The zero-order valence-electron chi connectivity index (χ0n) is 19.2. The third-order valence-corrected chi connectivity index (χ3v) is 6.65. The zero-order valence-corrected chi connectivity index (χ0v) is 20.7. The van der Waals surface area contributed by atoms with Gasteiger partial charge in [0.1, 0.15) is 19.0 Å². The summed E-state index contributed by atoms with van der Waals surface area (Å²) >= 11 is 8.21. The Labute approximate surface area is 210 Å². The molecule has 0 heterocycles. The van der Waals surface area contributed by atoms with Crippen LogP contribution in [0.15, 0.2) is 82.6 Å². The average Bonchev–Trinajstić information content (AvgIpc) is 2.83. The van der Waals surface area contributed by atoms with Crippen LogP contribution in [0, 0.1) is 5.92 Å². The standard InChI is InChI=1S/C27H30ClNO4S/c1-2-7-20(17-32-18-26(30)31)27(29)24-13-12-23(15-25(24)28)34-22-11-6-10-21(14-22)33-16-19-8-4-3-5-9-19/h3-6,8-15,20,27H,2,7,16-18,29H2,1H3,(H,30,31). The van der Waals surface area contributed by atoms with Gasteiger partial charge in [-0.1, -0.05) is 79.2 Å². The molecule has 34 heavy (non-hydrogen) atoms. The topological polar surface area (TPSA) is 81.8 Å². The molecule has 0 radical (unpaired) electrons. The van der Waals surface area contributed by atoms with Crippen LogP contribution in [0.25, 0.3) is 0 Å². The smallest absolute Gasteiger partial charge is 0.329 e. The van der Waals surface area contributed by atoms with Crippen LogP contribution in [0.3, 0.4) is 0 Å². The summed E-state index contributed by atoms with van der Waals surface area (Å²) in [6, 6.07) is 23.6. The van der Waals surface area contributed by atoms with E-state index in [1.807, 2.05) is 72.8 Å². The van der Waals surface area contributed by atoms with Crippen molar-refractivity contribution in [1.29, 1.82) is 0 Å². The number of halogens is 1. The van der Waals surface area contributed by atoms with Gasteiger partial charge in [-0.15, -0.1) is 0 Å². The van der Waals surface area contributed by atoms with Crippen LogP contribution in [0.4, 0.5) is 0 Å². The molecule has 0 bridgehead atoms. The summed E-state index contributed by atoms with van der Waals surface area (Å²) in [5, 5.41) is 9.41. The van der Waals surface area contributed by atoms with E-state index < -0.39 is 5.97 Å². The highest BCUT2D eigenvalue weighted by molar-refractivity contribution is 7.99. The Balaban J connectivity index is 1.64. The summed E-state index contributed by atoms with van der Waals surface area (Å²) in [4.78, 5) is 12.8. The predicted molar refractivity (Wildman–Crippen MR) is 137 cm³/mol. The molecule has 0 saturated carbocycles. The molecule has 0 saturated heterocycles. The van der Waals surface area contributed by atoms with E-state index >= 15 is 0 Å². The van der Waals surface area contributed by atoms with E-state index in [2.05, 4.69) is 6.92 Å². The first-order valence-corrected chi connectivity index (χ1v) is 12.4. The number of aliphatic carboxylic acids is 1. The molecule has 0 aliphatic carbocycles. The highest BCUT2D eigenvalue weighted by atomic mass is 35.5. The first-order chi connectivity index (χ1) is 16.5. The van der Waals surface area contributed by atoms with Gasteiger partial charge in [0.05, 0.1) is 6.61 Å². The van der Waals surface area contributed by atoms with Crippen molar-refractivity contribution in [2.24, 2.45) is 11.7 Å². The van der Waals surface area contributed by atoms with Crippen LogP contribution in [0.5, 0.6) is 5.75 Å². The van der Waals surface area contributed by atoms with Gasteiger partial charge in [0.15, 0.2) is 0 Å². The molecule has 0 spiro atoms. The Bertz CT molecular complexity index is 1060. The minimum Gasteiger partial charge on any atom is -0.489 e. The molecule has 2 unspecified atom stereocenters. The number of rotatable bonds is 13. The van der Waals surface area contributed by atoms with E-state index in [0.29, 0.717) is 11.6 Å². The van der Waals surface area contributed by atoms with Gasteiger partial charge in [-0.2, -0.15) is 0 Å². The minimum absolute atomic E-state index is 0.0150. The van der Waals surface area contributed by atoms with Crippen molar-refractivity contribution in [2.75, 3.05) is 13.2 Å². The predicted octanol–water partition coefficient (Wildman–Crippen LogP) is 6.59. The van der Waals surface area contributed by atoms with Crippen molar-refractivity contribution >= 4 is 29.3 Å². The van der Waals surface area contributed by atoms with Crippen molar-refractivity contribution in [2.45, 2.75) is 42.2 Å². The van der Waals surface area contributed by atoms with E-state index in [9.17, 15) is 4.79 Å². The van der Waals surface area contributed by atoms with Gasteiger partial charge in [0.2, 0.25) is 0 Å². The molecule has 0 aliphatic heterocycles. The summed E-state index contributed by atoms with van der Waals surface area (Å²) in [6.07, 6.45) is 1.74. The summed E-state index contributed by atoms with van der Waals surface area (Å²) in [7, 11) is 0. The van der Waals surface area contributed by atoms with Gasteiger partial charge in [0, 0.05) is 26.8 Å². The monoisotopic (exact) mass is 499 g/mol. The molecule has 3 aromatic carbocycles. The Morgan fingerprint density at radius 3 is 2.53 bits per heavy atom. The van der Waals surface area contributed by atoms with Crippen molar-refractivity contribution in [3.63, 3.8) is 0 Å². The Morgan fingerprint density at radius 2 is 1.82 bits per heavy atom. The molecule has 7 heteroatoms. The largest absolute Gasteiger partial charge is 0.489 e. The molecule has 0 aliphatic rings. The van der Waals surface area contributed by atoms with Crippen LogP contribution >= 0.6 is 23.4 Å². The fourth-order valence-electron chi connectivity index (χ4n) is 3.64. The maximum absolute atomic E-state index is 10.8. The normalized spacial score (nSPS) is 12.8. The van der Waals surface area contributed by atoms with E-state index in [-0.39, 0.29) is 25.2 Å². The molecule has 0 amide bonds. The highest BCUT2D eigenvalue weighted by Gasteiger charge is 2.22. The van der Waals surface area contributed by atoms with Crippen molar-refractivity contribution < 1.29 is 19.4 Å². The number of carboxylic acids is 1. The summed E-state index contributed by atoms with van der Waals surface area (Å²) < 4.78 is 11.3. The average molecular weight is 500 g/mol. The van der Waals surface area contributed by atoms with E-state index in [1.54, 1.807) is 11.8 Å². The molecule has 5 nitrogen and oxygen atoms in total. The third-order valence-electron chi connectivity index (χ3n) is 5.35. The van der Waals surface area contributed by atoms with E-state index in [1.165, 1.54) is 0 Å². The molecule has 3 rings (SSSR count). The molecular weight excluding hydrogens is 470 g/mol. The van der Waals surface area contributed by atoms with Gasteiger partial charge in [0.25, 0.3) is 0 Å². The van der Waals surface area contributed by atoms with Crippen LogP contribution in [0.1, 0.15) is 36.9 Å².